The molecule has 0 unspecified atom stereocenters. The van der Waals surface area contributed by atoms with E-state index >= 15 is 0 Å². The fraction of sp³-hybridized carbons (Fsp3) is 0.360. The van der Waals surface area contributed by atoms with Gasteiger partial charge in [-0.2, -0.15) is 5.10 Å². The summed E-state index contributed by atoms with van der Waals surface area (Å²) in [5, 5.41) is 27.1. The van der Waals surface area contributed by atoms with Gasteiger partial charge in [-0.15, -0.1) is 0 Å². The van der Waals surface area contributed by atoms with Crippen molar-refractivity contribution in [3.8, 4) is 28.5 Å². The van der Waals surface area contributed by atoms with E-state index in [-0.39, 0.29) is 18.3 Å². The lowest BCUT2D eigenvalue weighted by atomic mass is 9.95. The number of nitrogens with one attached hydrogen (secondary N) is 1. The lowest BCUT2D eigenvalue weighted by molar-refractivity contribution is 0.0732. The van der Waals surface area contributed by atoms with Crippen molar-refractivity contribution < 1.29 is 24.5 Å². The van der Waals surface area contributed by atoms with Gasteiger partial charge in [0.1, 0.15) is 17.1 Å². The number of hydrogen-bond acceptors (Lipinski definition) is 6. The molecular weight excluding hydrogens is 422 g/mol. The first kappa shape index (κ1) is 22.7. The second-order valence-electron chi connectivity index (χ2n) is 7.84. The van der Waals surface area contributed by atoms with Crippen LogP contribution in [0, 0.1) is 0 Å². The van der Waals surface area contributed by atoms with Crippen LogP contribution in [0.3, 0.4) is 0 Å². The Morgan fingerprint density at radius 2 is 1.94 bits per heavy atom. The number of aliphatic hydroxyl groups is 1. The molecule has 3 aromatic rings. The Kier molecular flexibility index (Phi) is 6.84. The molecule has 0 saturated heterocycles. The summed E-state index contributed by atoms with van der Waals surface area (Å²) in [6, 6.07) is 12.2. The van der Waals surface area contributed by atoms with Gasteiger partial charge in [0.25, 0.3) is 5.91 Å². The Balaban J connectivity index is 1.84. The Morgan fingerprint density at radius 1 is 1.12 bits per heavy atom. The molecule has 0 saturated carbocycles. The predicted molar refractivity (Wildman–Crippen MR) is 124 cm³/mol. The number of phenolic OH excluding ortho intramolecular Hbond substituents is 1. The lowest BCUT2D eigenvalue weighted by Crippen LogP contribution is -2.31. The van der Waals surface area contributed by atoms with Crippen molar-refractivity contribution >= 4 is 5.91 Å². The highest BCUT2D eigenvalue weighted by atomic mass is 16.5. The van der Waals surface area contributed by atoms with Gasteiger partial charge in [-0.3, -0.25) is 9.89 Å². The van der Waals surface area contributed by atoms with E-state index in [9.17, 15) is 15.0 Å². The molecule has 2 heterocycles. The van der Waals surface area contributed by atoms with Crippen LogP contribution in [-0.4, -0.2) is 57.6 Å². The van der Waals surface area contributed by atoms with Crippen molar-refractivity contribution in [2.75, 3.05) is 26.4 Å². The van der Waals surface area contributed by atoms with Gasteiger partial charge in [-0.25, -0.2) is 0 Å². The van der Waals surface area contributed by atoms with E-state index in [0.717, 1.165) is 12.0 Å². The third-order valence-corrected chi connectivity index (χ3v) is 5.63. The van der Waals surface area contributed by atoms with Crippen molar-refractivity contribution in [3.63, 3.8) is 0 Å². The average Bonchev–Trinajstić information content (AvgIpc) is 3.36. The summed E-state index contributed by atoms with van der Waals surface area (Å²) in [7, 11) is 0. The molecule has 2 aromatic carbocycles. The fourth-order valence-electron chi connectivity index (χ4n) is 4.19. The summed E-state index contributed by atoms with van der Waals surface area (Å²) >= 11 is 0. The third-order valence-electron chi connectivity index (χ3n) is 5.63. The molecule has 0 fully saturated rings. The van der Waals surface area contributed by atoms with Crippen LogP contribution in [0.4, 0.5) is 0 Å². The molecule has 174 valence electrons. The molecule has 1 aliphatic rings. The smallest absolute Gasteiger partial charge is 0.273 e. The third kappa shape index (κ3) is 4.26. The molecule has 0 aliphatic carbocycles. The fourth-order valence-corrected chi connectivity index (χ4v) is 4.19. The number of ether oxygens (including phenoxy) is 2. The topological polar surface area (TPSA) is 108 Å². The van der Waals surface area contributed by atoms with Crippen LogP contribution in [0.15, 0.2) is 42.5 Å². The Bertz CT molecular complexity index is 1130. The number of benzene rings is 2. The standard InChI is InChI=1S/C25H29N3O5/c1-3-14-33-19-11-10-16(15-20(19)32-4-2)24-21-22(17-8-5-6-9-18(17)30)26-27-23(21)25(31)28(24)12-7-13-29/h5-6,8-11,15,24,29-30H,3-4,7,12-14H2,1-2H3,(H,26,27)/t24-/m1/s1. The number of aromatic hydroxyl groups is 1. The van der Waals surface area contributed by atoms with Crippen LogP contribution < -0.4 is 9.47 Å². The minimum Gasteiger partial charge on any atom is -0.507 e. The van der Waals surface area contributed by atoms with Gasteiger partial charge in [0, 0.05) is 24.3 Å². The molecule has 1 atom stereocenters. The molecule has 3 N–H and O–H groups in total. The van der Waals surface area contributed by atoms with Crippen molar-refractivity contribution in [3.05, 3.63) is 59.3 Å². The second kappa shape index (κ2) is 9.95. The first-order valence-electron chi connectivity index (χ1n) is 11.3. The molecule has 0 bridgehead atoms. The highest BCUT2D eigenvalue weighted by Crippen LogP contribution is 2.45. The highest BCUT2D eigenvalue weighted by molar-refractivity contribution is 6.00. The molecule has 1 amide bonds. The first-order chi connectivity index (χ1) is 16.1. The van der Waals surface area contributed by atoms with Gasteiger partial charge in [0.15, 0.2) is 11.5 Å². The number of phenols is 1. The van der Waals surface area contributed by atoms with Crippen LogP contribution in [0.5, 0.6) is 17.2 Å². The van der Waals surface area contributed by atoms with E-state index in [1.54, 1.807) is 23.1 Å². The Morgan fingerprint density at radius 3 is 2.67 bits per heavy atom. The number of H-pyrrole nitrogens is 1. The first-order valence-corrected chi connectivity index (χ1v) is 11.3. The van der Waals surface area contributed by atoms with Crippen molar-refractivity contribution in [1.29, 1.82) is 0 Å². The van der Waals surface area contributed by atoms with Gasteiger partial charge < -0.3 is 24.6 Å². The van der Waals surface area contributed by atoms with E-state index in [0.29, 0.717) is 60.2 Å². The zero-order valence-corrected chi connectivity index (χ0v) is 18.9. The maximum Gasteiger partial charge on any atom is 0.273 e. The summed E-state index contributed by atoms with van der Waals surface area (Å²) in [5.74, 6) is 1.16. The number of para-hydroxylation sites is 1. The maximum absolute atomic E-state index is 13.3. The van der Waals surface area contributed by atoms with Crippen LogP contribution in [0.25, 0.3) is 11.3 Å². The second-order valence-corrected chi connectivity index (χ2v) is 7.84. The number of aliphatic hydroxyl groups excluding tert-OH is 1. The number of hydrogen-bond donors (Lipinski definition) is 3. The van der Waals surface area contributed by atoms with E-state index in [1.807, 2.05) is 38.1 Å². The van der Waals surface area contributed by atoms with E-state index < -0.39 is 6.04 Å². The minimum absolute atomic E-state index is 0.0248. The molecular formula is C25H29N3O5. The van der Waals surface area contributed by atoms with Crippen LogP contribution >= 0.6 is 0 Å². The Labute approximate surface area is 192 Å². The predicted octanol–water partition coefficient (Wildman–Crippen LogP) is 3.90. The SMILES string of the molecule is CCCOc1ccc([C@@H]2c3c(-c4ccccc4O)n[nH]c3C(=O)N2CCCO)cc1OCC. The van der Waals surface area contributed by atoms with Crippen molar-refractivity contribution in [2.45, 2.75) is 32.7 Å². The molecule has 8 nitrogen and oxygen atoms in total. The number of fused-ring (bicyclic) bond motifs is 1. The summed E-state index contributed by atoms with van der Waals surface area (Å²) in [5.41, 5.74) is 3.00. The molecule has 1 aromatic heterocycles. The number of carbonyl (C=O) groups excluding carboxylic acids is 1. The van der Waals surface area contributed by atoms with Gasteiger partial charge >= 0.3 is 0 Å². The van der Waals surface area contributed by atoms with Crippen LogP contribution in [0.2, 0.25) is 0 Å². The largest absolute Gasteiger partial charge is 0.507 e. The van der Waals surface area contributed by atoms with E-state index in [2.05, 4.69) is 10.2 Å². The maximum atomic E-state index is 13.3. The molecule has 8 heteroatoms. The van der Waals surface area contributed by atoms with Crippen molar-refractivity contribution in [1.82, 2.24) is 15.1 Å². The summed E-state index contributed by atoms with van der Waals surface area (Å²) < 4.78 is 11.7. The lowest BCUT2D eigenvalue weighted by Gasteiger charge is -2.27. The molecule has 1 aliphatic heterocycles. The van der Waals surface area contributed by atoms with Gasteiger partial charge in [0.05, 0.1) is 19.3 Å². The number of aromatic amines is 1. The van der Waals surface area contributed by atoms with Crippen LogP contribution in [-0.2, 0) is 0 Å². The average molecular weight is 452 g/mol. The number of amides is 1. The minimum atomic E-state index is -0.452. The number of nitrogens with zero attached hydrogens (tertiary/aromatic N) is 2. The quantitative estimate of drug-likeness (QED) is 0.432. The van der Waals surface area contributed by atoms with Gasteiger partial charge in [-0.1, -0.05) is 25.1 Å². The van der Waals surface area contributed by atoms with Crippen LogP contribution in [0.1, 0.15) is 54.3 Å². The summed E-state index contributed by atoms with van der Waals surface area (Å²) in [4.78, 5) is 15.0. The number of rotatable bonds is 10. The van der Waals surface area contributed by atoms with E-state index in [4.69, 9.17) is 9.47 Å². The normalized spacial score (nSPS) is 15.1. The van der Waals surface area contributed by atoms with Gasteiger partial charge in [-0.05, 0) is 49.6 Å². The van der Waals surface area contributed by atoms with E-state index in [1.165, 1.54) is 0 Å². The highest BCUT2D eigenvalue weighted by Gasteiger charge is 2.42. The molecule has 33 heavy (non-hydrogen) atoms. The number of aromatic nitrogens is 2. The molecule has 0 spiro atoms. The zero-order chi connectivity index (χ0) is 23.4. The monoisotopic (exact) mass is 451 g/mol. The van der Waals surface area contributed by atoms with Gasteiger partial charge in [0.2, 0.25) is 0 Å². The summed E-state index contributed by atoms with van der Waals surface area (Å²) in [6.45, 7) is 5.35. The van der Waals surface area contributed by atoms with Crippen molar-refractivity contribution in [2.24, 2.45) is 0 Å². The molecule has 0 radical (unpaired) electrons. The Hall–Kier alpha value is -3.52. The number of carbonyl (C=O) groups is 1. The molecule has 4 rings (SSSR count). The zero-order valence-electron chi connectivity index (χ0n) is 18.9. The summed E-state index contributed by atoms with van der Waals surface area (Å²) in [6.07, 6.45) is 1.32.